The van der Waals surface area contributed by atoms with Crippen molar-refractivity contribution in [2.45, 2.75) is 57.7 Å². The van der Waals surface area contributed by atoms with Crippen molar-refractivity contribution in [3.05, 3.63) is 35.9 Å². The fourth-order valence-electron chi connectivity index (χ4n) is 5.73. The fraction of sp³-hybridized carbons (Fsp3) is 0.652. The zero-order valence-electron chi connectivity index (χ0n) is 17.3. The van der Waals surface area contributed by atoms with Crippen molar-refractivity contribution in [2.75, 3.05) is 26.2 Å². The predicted molar refractivity (Wildman–Crippen MR) is 111 cm³/mol. The van der Waals surface area contributed by atoms with Gasteiger partial charge in [0.25, 0.3) is 0 Å². The zero-order chi connectivity index (χ0) is 20.4. The number of carbonyl (C=O) groups excluding carboxylic acids is 1. The monoisotopic (exact) mass is 399 g/mol. The third-order valence-corrected chi connectivity index (χ3v) is 7.35. The van der Waals surface area contributed by atoms with E-state index in [-0.39, 0.29) is 30.0 Å². The average Bonchev–Trinajstić information content (AvgIpc) is 3.21. The number of aliphatic carboxylic acids is 1. The maximum absolute atomic E-state index is 13.3. The Morgan fingerprint density at radius 1 is 1.28 bits per heavy atom. The van der Waals surface area contributed by atoms with Crippen molar-refractivity contribution < 1.29 is 14.7 Å². The molecule has 1 heterocycles. The number of carboxylic acid groups (broad SMARTS) is 1. The van der Waals surface area contributed by atoms with Crippen molar-refractivity contribution in [2.24, 2.45) is 11.3 Å². The minimum absolute atomic E-state index is 0.0856. The lowest BCUT2D eigenvalue weighted by Crippen LogP contribution is -2.57. The second kappa shape index (κ2) is 8.44. The lowest BCUT2D eigenvalue weighted by molar-refractivity contribution is -0.140. The summed E-state index contributed by atoms with van der Waals surface area (Å²) >= 11 is 0. The van der Waals surface area contributed by atoms with Crippen LogP contribution in [0.25, 0.3) is 0 Å². The highest BCUT2D eigenvalue weighted by Crippen LogP contribution is 2.49. The van der Waals surface area contributed by atoms with E-state index in [2.05, 4.69) is 34.5 Å². The molecule has 4 rings (SSSR count). The molecule has 0 aromatic heterocycles. The Bertz CT molecular complexity index is 734. The van der Waals surface area contributed by atoms with Crippen molar-refractivity contribution >= 4 is 11.9 Å². The lowest BCUT2D eigenvalue weighted by atomic mass is 9.78. The Balaban J connectivity index is 1.33. The van der Waals surface area contributed by atoms with Gasteiger partial charge in [-0.05, 0) is 43.7 Å². The van der Waals surface area contributed by atoms with Gasteiger partial charge in [0.05, 0.1) is 12.0 Å². The standard InChI is InChI=1S/C23H33N3O3/c1-2-26(15-21(27)28)20-11-19(12-20)24-22(29)23-10-6-9-18(23)14-25(16-23)13-17-7-4-3-5-8-17/h3-5,7-8,18-20H,2,6,9-16H2,1H3,(H,24,29)(H,27,28)/t18-,19?,20?,23-/m1/s1. The summed E-state index contributed by atoms with van der Waals surface area (Å²) in [5.74, 6) is -0.0852. The highest BCUT2D eigenvalue weighted by Gasteiger charge is 2.54. The lowest BCUT2D eigenvalue weighted by Gasteiger charge is -2.43. The number of rotatable bonds is 8. The summed E-state index contributed by atoms with van der Waals surface area (Å²) < 4.78 is 0. The van der Waals surface area contributed by atoms with Gasteiger partial charge in [0, 0.05) is 31.7 Å². The summed E-state index contributed by atoms with van der Waals surface area (Å²) in [7, 11) is 0. The number of amides is 1. The van der Waals surface area contributed by atoms with Crippen LogP contribution >= 0.6 is 0 Å². The van der Waals surface area contributed by atoms with Crippen LogP contribution in [-0.4, -0.2) is 65.0 Å². The third-order valence-electron chi connectivity index (χ3n) is 7.35. The number of carboxylic acids is 1. The van der Waals surface area contributed by atoms with Gasteiger partial charge in [0.1, 0.15) is 0 Å². The molecule has 0 unspecified atom stereocenters. The van der Waals surface area contributed by atoms with E-state index in [1.807, 2.05) is 17.9 Å². The molecule has 1 aromatic rings. The minimum atomic E-state index is -0.781. The molecule has 0 bridgehead atoms. The molecule has 29 heavy (non-hydrogen) atoms. The Morgan fingerprint density at radius 3 is 2.72 bits per heavy atom. The van der Waals surface area contributed by atoms with Gasteiger partial charge in [0.15, 0.2) is 0 Å². The van der Waals surface area contributed by atoms with Crippen LogP contribution in [-0.2, 0) is 16.1 Å². The van der Waals surface area contributed by atoms with Crippen molar-refractivity contribution in [1.82, 2.24) is 15.1 Å². The fourth-order valence-corrected chi connectivity index (χ4v) is 5.73. The Hall–Kier alpha value is -1.92. The number of likely N-dealkylation sites (N-methyl/N-ethyl adjacent to an activating group) is 1. The number of nitrogens with zero attached hydrogens (tertiary/aromatic N) is 2. The smallest absolute Gasteiger partial charge is 0.317 e. The normalized spacial score (nSPS) is 31.4. The van der Waals surface area contributed by atoms with E-state index in [1.165, 1.54) is 5.56 Å². The predicted octanol–water partition coefficient (Wildman–Crippen LogP) is 2.34. The van der Waals surface area contributed by atoms with Crippen LogP contribution in [0, 0.1) is 11.3 Å². The number of nitrogens with one attached hydrogen (secondary N) is 1. The number of fused-ring (bicyclic) bond motifs is 1. The van der Waals surface area contributed by atoms with Crippen molar-refractivity contribution in [3.8, 4) is 0 Å². The summed E-state index contributed by atoms with van der Waals surface area (Å²) in [5.41, 5.74) is 1.08. The molecule has 0 spiro atoms. The molecule has 6 heteroatoms. The SMILES string of the molecule is CCN(CC(=O)O)C1CC(NC(=O)[C@@]23CCC[C@@H]2CN(Cc2ccccc2)C3)C1. The molecule has 1 amide bonds. The molecule has 1 saturated heterocycles. The van der Waals surface area contributed by atoms with E-state index in [9.17, 15) is 9.59 Å². The summed E-state index contributed by atoms with van der Waals surface area (Å²) in [4.78, 5) is 28.8. The van der Waals surface area contributed by atoms with Crippen LogP contribution in [0.3, 0.4) is 0 Å². The molecule has 0 radical (unpaired) electrons. The van der Waals surface area contributed by atoms with Crippen LogP contribution in [0.1, 0.15) is 44.6 Å². The Kier molecular flexibility index (Phi) is 5.93. The van der Waals surface area contributed by atoms with Gasteiger partial charge in [0.2, 0.25) is 5.91 Å². The molecule has 1 aliphatic heterocycles. The van der Waals surface area contributed by atoms with Gasteiger partial charge >= 0.3 is 5.97 Å². The summed E-state index contributed by atoms with van der Waals surface area (Å²) in [5, 5.41) is 12.4. The number of carbonyl (C=O) groups is 2. The van der Waals surface area contributed by atoms with E-state index in [1.54, 1.807) is 0 Å². The number of hydrogen-bond donors (Lipinski definition) is 2. The molecule has 158 valence electrons. The van der Waals surface area contributed by atoms with Gasteiger partial charge < -0.3 is 10.4 Å². The van der Waals surface area contributed by atoms with Crippen LogP contribution in [0.2, 0.25) is 0 Å². The molecule has 2 aliphatic carbocycles. The summed E-state index contributed by atoms with van der Waals surface area (Å²) in [6, 6.07) is 11.0. The second-order valence-corrected chi connectivity index (χ2v) is 9.15. The molecule has 3 fully saturated rings. The second-order valence-electron chi connectivity index (χ2n) is 9.15. The maximum Gasteiger partial charge on any atom is 0.317 e. The number of benzene rings is 1. The molecular formula is C23H33N3O3. The molecular weight excluding hydrogens is 366 g/mol. The van der Waals surface area contributed by atoms with Gasteiger partial charge in [-0.25, -0.2) is 0 Å². The Labute approximate surface area is 173 Å². The molecule has 2 atom stereocenters. The molecule has 1 aromatic carbocycles. The van der Waals surface area contributed by atoms with E-state index in [4.69, 9.17) is 5.11 Å². The van der Waals surface area contributed by atoms with Crippen LogP contribution < -0.4 is 5.32 Å². The van der Waals surface area contributed by atoms with E-state index < -0.39 is 5.97 Å². The molecule has 3 aliphatic rings. The van der Waals surface area contributed by atoms with E-state index >= 15 is 0 Å². The first-order valence-electron chi connectivity index (χ1n) is 11.0. The molecule has 2 saturated carbocycles. The van der Waals surface area contributed by atoms with E-state index in [0.29, 0.717) is 5.92 Å². The quantitative estimate of drug-likeness (QED) is 0.702. The Morgan fingerprint density at radius 2 is 2.03 bits per heavy atom. The van der Waals surface area contributed by atoms with Gasteiger partial charge in [-0.15, -0.1) is 0 Å². The third kappa shape index (κ3) is 4.19. The topological polar surface area (TPSA) is 72.9 Å². The summed E-state index contributed by atoms with van der Waals surface area (Å²) in [6.45, 7) is 5.60. The first-order valence-corrected chi connectivity index (χ1v) is 11.0. The first kappa shape index (κ1) is 20.4. The van der Waals surface area contributed by atoms with Crippen LogP contribution in [0.15, 0.2) is 30.3 Å². The number of hydrogen-bond acceptors (Lipinski definition) is 4. The zero-order valence-corrected chi connectivity index (χ0v) is 17.3. The average molecular weight is 400 g/mol. The molecule has 6 nitrogen and oxygen atoms in total. The van der Waals surface area contributed by atoms with E-state index in [0.717, 1.165) is 58.3 Å². The number of likely N-dealkylation sites (tertiary alicyclic amines) is 1. The molecule has 2 N–H and O–H groups in total. The first-order chi connectivity index (χ1) is 14.0. The van der Waals surface area contributed by atoms with Crippen LogP contribution in [0.5, 0.6) is 0 Å². The minimum Gasteiger partial charge on any atom is -0.480 e. The van der Waals surface area contributed by atoms with Crippen molar-refractivity contribution in [3.63, 3.8) is 0 Å². The van der Waals surface area contributed by atoms with Gasteiger partial charge in [-0.1, -0.05) is 43.7 Å². The van der Waals surface area contributed by atoms with Crippen molar-refractivity contribution in [1.29, 1.82) is 0 Å². The highest BCUT2D eigenvalue weighted by molar-refractivity contribution is 5.84. The highest BCUT2D eigenvalue weighted by atomic mass is 16.4. The van der Waals surface area contributed by atoms with Crippen LogP contribution in [0.4, 0.5) is 0 Å². The summed E-state index contributed by atoms with van der Waals surface area (Å²) in [6.07, 6.45) is 5.01. The van der Waals surface area contributed by atoms with Gasteiger partial charge in [-0.2, -0.15) is 0 Å². The van der Waals surface area contributed by atoms with Gasteiger partial charge in [-0.3, -0.25) is 19.4 Å². The largest absolute Gasteiger partial charge is 0.480 e. The maximum atomic E-state index is 13.3.